The summed E-state index contributed by atoms with van der Waals surface area (Å²) < 4.78 is 5.27. The fourth-order valence-corrected chi connectivity index (χ4v) is 1.91. The summed E-state index contributed by atoms with van der Waals surface area (Å²) in [7, 11) is 3.71. The van der Waals surface area contributed by atoms with E-state index in [1.54, 1.807) is 13.2 Å². The number of ether oxygens (including phenoxy) is 1. The molecule has 4 heteroatoms. The molecule has 1 N–H and O–H groups in total. The zero-order valence-electron chi connectivity index (χ0n) is 13.5. The van der Waals surface area contributed by atoms with Crippen molar-refractivity contribution in [2.75, 3.05) is 14.2 Å². The van der Waals surface area contributed by atoms with E-state index in [1.165, 1.54) is 0 Å². The molecule has 0 atom stereocenters. The van der Waals surface area contributed by atoms with Gasteiger partial charge in [-0.25, -0.2) is 4.79 Å². The van der Waals surface area contributed by atoms with Crippen molar-refractivity contribution in [1.82, 2.24) is 4.90 Å². The van der Waals surface area contributed by atoms with Gasteiger partial charge in [-0.3, -0.25) is 4.90 Å². The Morgan fingerprint density at radius 2 is 2.10 bits per heavy atom. The summed E-state index contributed by atoms with van der Waals surface area (Å²) >= 11 is 0. The third-order valence-electron chi connectivity index (χ3n) is 4.06. The molecule has 0 fully saturated rings. The maximum absolute atomic E-state index is 10.7. The number of methoxy groups -OCH3 is 1. The first kappa shape index (κ1) is 17.2. The molecule has 0 amide bonds. The molecule has 1 aromatic rings. The Morgan fingerprint density at radius 3 is 2.62 bits per heavy atom. The van der Waals surface area contributed by atoms with Crippen molar-refractivity contribution in [3.05, 3.63) is 35.4 Å². The summed E-state index contributed by atoms with van der Waals surface area (Å²) in [5.41, 5.74) is 2.03. The molecular formula is C17H25NO3. The van der Waals surface area contributed by atoms with Crippen LogP contribution in [-0.2, 0) is 11.3 Å². The van der Waals surface area contributed by atoms with Crippen LogP contribution < -0.4 is 4.74 Å². The quantitative estimate of drug-likeness (QED) is 0.782. The van der Waals surface area contributed by atoms with Crippen molar-refractivity contribution >= 4 is 12.0 Å². The van der Waals surface area contributed by atoms with E-state index in [-0.39, 0.29) is 5.54 Å². The van der Waals surface area contributed by atoms with Gasteiger partial charge in [0, 0.05) is 18.2 Å². The van der Waals surface area contributed by atoms with Crippen LogP contribution in [0.5, 0.6) is 5.75 Å². The summed E-state index contributed by atoms with van der Waals surface area (Å²) in [4.78, 5) is 13.0. The zero-order chi connectivity index (χ0) is 16.0. The first-order valence-electron chi connectivity index (χ1n) is 7.09. The average molecular weight is 291 g/mol. The molecule has 0 spiro atoms. The fourth-order valence-electron chi connectivity index (χ4n) is 1.91. The van der Waals surface area contributed by atoms with Gasteiger partial charge < -0.3 is 9.84 Å². The van der Waals surface area contributed by atoms with E-state index in [2.05, 4.69) is 32.7 Å². The summed E-state index contributed by atoms with van der Waals surface area (Å²) in [6.45, 7) is 7.28. The number of benzene rings is 1. The third-order valence-corrected chi connectivity index (χ3v) is 4.06. The summed E-state index contributed by atoms with van der Waals surface area (Å²) in [6.07, 6.45) is 3.83. The fraction of sp³-hybridized carbons (Fsp3) is 0.471. The normalized spacial score (nSPS) is 12.1. The van der Waals surface area contributed by atoms with Crippen LogP contribution in [0.25, 0.3) is 6.08 Å². The summed E-state index contributed by atoms with van der Waals surface area (Å²) in [5, 5.41) is 8.79. The molecule has 0 heterocycles. The Balaban J connectivity index is 3.09. The van der Waals surface area contributed by atoms with E-state index in [4.69, 9.17) is 9.84 Å². The lowest BCUT2D eigenvalue weighted by atomic mass is 9.98. The lowest BCUT2D eigenvalue weighted by molar-refractivity contribution is -0.131. The Morgan fingerprint density at radius 1 is 1.43 bits per heavy atom. The minimum absolute atomic E-state index is 0.0802. The predicted molar refractivity (Wildman–Crippen MR) is 85.5 cm³/mol. The van der Waals surface area contributed by atoms with Gasteiger partial charge in [0.2, 0.25) is 0 Å². The molecule has 0 saturated heterocycles. The van der Waals surface area contributed by atoms with Crippen LogP contribution in [0.3, 0.4) is 0 Å². The number of nitrogens with zero attached hydrogens (tertiary/aromatic N) is 1. The van der Waals surface area contributed by atoms with E-state index < -0.39 is 5.97 Å². The van der Waals surface area contributed by atoms with Crippen LogP contribution in [0.1, 0.15) is 38.3 Å². The first-order valence-corrected chi connectivity index (χ1v) is 7.09. The van der Waals surface area contributed by atoms with E-state index in [1.807, 2.05) is 18.2 Å². The topological polar surface area (TPSA) is 49.8 Å². The molecule has 1 aromatic carbocycles. The standard InChI is InChI=1S/C17H25NO3/c1-6-17(2,3)18(4)12-14-11-15(21-5)9-7-13(14)8-10-16(19)20/h7-11H,6,12H2,1-5H3,(H,19,20). The number of rotatable bonds is 7. The Hall–Kier alpha value is -1.81. The zero-order valence-corrected chi connectivity index (χ0v) is 13.5. The van der Waals surface area contributed by atoms with Crippen molar-refractivity contribution in [3.8, 4) is 5.75 Å². The molecule has 0 aromatic heterocycles. The van der Waals surface area contributed by atoms with E-state index in [9.17, 15) is 4.79 Å². The number of aliphatic carboxylic acids is 1. The highest BCUT2D eigenvalue weighted by Gasteiger charge is 2.21. The number of carboxylic acids is 1. The molecule has 0 aliphatic rings. The third kappa shape index (κ3) is 4.90. The number of hydrogen-bond acceptors (Lipinski definition) is 3. The lowest BCUT2D eigenvalue weighted by Gasteiger charge is -2.35. The average Bonchev–Trinajstić information content (AvgIpc) is 2.45. The van der Waals surface area contributed by atoms with Gasteiger partial charge >= 0.3 is 5.97 Å². The molecule has 0 radical (unpaired) electrons. The number of hydrogen-bond donors (Lipinski definition) is 1. The van der Waals surface area contributed by atoms with Gasteiger partial charge in [0.05, 0.1) is 7.11 Å². The SMILES string of the molecule is CCC(C)(C)N(C)Cc1cc(OC)ccc1C=CC(=O)O. The van der Waals surface area contributed by atoms with Crippen LogP contribution in [0.4, 0.5) is 0 Å². The minimum Gasteiger partial charge on any atom is -0.497 e. The molecule has 0 unspecified atom stereocenters. The second-order valence-electron chi connectivity index (χ2n) is 5.76. The van der Waals surface area contributed by atoms with Crippen LogP contribution in [-0.4, -0.2) is 35.7 Å². The van der Waals surface area contributed by atoms with Gasteiger partial charge in [0.15, 0.2) is 0 Å². The highest BCUT2D eigenvalue weighted by atomic mass is 16.5. The molecule has 0 saturated carbocycles. The van der Waals surface area contributed by atoms with E-state index in [0.717, 1.165) is 35.9 Å². The minimum atomic E-state index is -0.945. The molecule has 4 nitrogen and oxygen atoms in total. The number of carbonyl (C=O) groups is 1. The Kier molecular flexibility index (Phi) is 5.97. The van der Waals surface area contributed by atoms with Crippen molar-refractivity contribution in [2.24, 2.45) is 0 Å². The summed E-state index contributed by atoms with van der Waals surface area (Å²) in [5.74, 6) is -0.167. The number of carboxylic acid groups (broad SMARTS) is 1. The highest BCUT2D eigenvalue weighted by molar-refractivity contribution is 5.85. The maximum Gasteiger partial charge on any atom is 0.328 e. The van der Waals surface area contributed by atoms with Crippen LogP contribution in [0.15, 0.2) is 24.3 Å². The van der Waals surface area contributed by atoms with Crippen molar-refractivity contribution in [2.45, 2.75) is 39.3 Å². The second-order valence-corrected chi connectivity index (χ2v) is 5.76. The second kappa shape index (κ2) is 7.27. The van der Waals surface area contributed by atoms with E-state index in [0.29, 0.717) is 0 Å². The van der Waals surface area contributed by atoms with Crippen LogP contribution >= 0.6 is 0 Å². The Labute approximate surface area is 127 Å². The molecule has 0 aliphatic carbocycles. The molecular weight excluding hydrogens is 266 g/mol. The predicted octanol–water partition coefficient (Wildman–Crippen LogP) is 3.41. The maximum atomic E-state index is 10.7. The monoisotopic (exact) mass is 291 g/mol. The summed E-state index contributed by atoms with van der Waals surface area (Å²) in [6, 6.07) is 5.69. The van der Waals surface area contributed by atoms with E-state index >= 15 is 0 Å². The smallest absolute Gasteiger partial charge is 0.328 e. The van der Waals surface area contributed by atoms with Crippen molar-refractivity contribution < 1.29 is 14.6 Å². The molecule has 1 rings (SSSR count). The molecule has 0 aliphatic heterocycles. The molecule has 116 valence electrons. The van der Waals surface area contributed by atoms with Crippen LogP contribution in [0, 0.1) is 0 Å². The van der Waals surface area contributed by atoms with Crippen molar-refractivity contribution in [1.29, 1.82) is 0 Å². The highest BCUT2D eigenvalue weighted by Crippen LogP contribution is 2.24. The van der Waals surface area contributed by atoms with Gasteiger partial charge in [0.25, 0.3) is 0 Å². The van der Waals surface area contributed by atoms with Crippen molar-refractivity contribution in [3.63, 3.8) is 0 Å². The van der Waals surface area contributed by atoms with Gasteiger partial charge in [-0.05, 0) is 56.7 Å². The van der Waals surface area contributed by atoms with Gasteiger partial charge in [-0.1, -0.05) is 13.0 Å². The van der Waals surface area contributed by atoms with Crippen LogP contribution in [0.2, 0.25) is 0 Å². The lowest BCUT2D eigenvalue weighted by Crippen LogP contribution is -2.39. The molecule has 21 heavy (non-hydrogen) atoms. The van der Waals surface area contributed by atoms with Gasteiger partial charge in [-0.15, -0.1) is 0 Å². The first-order chi connectivity index (χ1) is 9.80. The van der Waals surface area contributed by atoms with Gasteiger partial charge in [-0.2, -0.15) is 0 Å². The largest absolute Gasteiger partial charge is 0.497 e. The molecule has 0 bridgehead atoms. The Bertz CT molecular complexity index is 521. The van der Waals surface area contributed by atoms with Gasteiger partial charge in [0.1, 0.15) is 5.75 Å².